The van der Waals surface area contributed by atoms with Crippen molar-refractivity contribution in [2.24, 2.45) is 0 Å². The fourth-order valence-electron chi connectivity index (χ4n) is 4.64. The van der Waals surface area contributed by atoms with Crippen LogP contribution in [0.25, 0.3) is 10.8 Å². The van der Waals surface area contributed by atoms with E-state index in [0.29, 0.717) is 19.8 Å². The molecule has 0 radical (unpaired) electrons. The molecule has 1 N–H and O–H groups in total. The molecule has 0 spiro atoms. The lowest BCUT2D eigenvalue weighted by atomic mass is 10.0. The summed E-state index contributed by atoms with van der Waals surface area (Å²) in [5, 5.41) is 4.99. The van der Waals surface area contributed by atoms with Gasteiger partial charge in [0, 0.05) is 6.54 Å². The number of nitrogens with one attached hydrogen (secondary N) is 1. The van der Waals surface area contributed by atoms with E-state index in [-0.39, 0.29) is 30.8 Å². The summed E-state index contributed by atoms with van der Waals surface area (Å²) in [6.45, 7) is 1.78. The fraction of sp³-hybridized carbons (Fsp3) is 0.308. The minimum Gasteiger partial charge on any atom is -0.486 e. The highest BCUT2D eigenvalue weighted by Gasteiger charge is 2.30. The van der Waals surface area contributed by atoms with Crippen LogP contribution in [0.3, 0.4) is 0 Å². The minimum atomic E-state index is -0.148. The number of ether oxygens (including phenoxy) is 2. The molecule has 2 amide bonds. The topological polar surface area (TPSA) is 67.9 Å². The molecule has 0 saturated carbocycles. The maximum atomic E-state index is 12.9. The predicted octanol–water partition coefficient (Wildman–Crippen LogP) is 3.63. The van der Waals surface area contributed by atoms with Crippen LogP contribution in [0.1, 0.15) is 30.0 Å². The van der Waals surface area contributed by atoms with Crippen LogP contribution in [0.5, 0.6) is 11.5 Å². The minimum absolute atomic E-state index is 0.00461. The standard InChI is InChI=1S/C26H26N2O4/c29-25(16-19-7-3-6-18-5-1-2-8-21(18)19)27-17-26(30)28-12-4-9-22(28)20-10-11-23-24(15-20)32-14-13-31-23/h1-3,5-8,10-11,15,22H,4,9,12-14,16-17H2,(H,27,29). The molecule has 0 aromatic heterocycles. The first kappa shape index (κ1) is 20.4. The van der Waals surface area contributed by atoms with E-state index < -0.39 is 0 Å². The molecular weight excluding hydrogens is 404 g/mol. The number of fused-ring (bicyclic) bond motifs is 2. The third-order valence-corrected chi connectivity index (χ3v) is 6.19. The molecule has 5 rings (SSSR count). The van der Waals surface area contributed by atoms with Gasteiger partial charge >= 0.3 is 0 Å². The van der Waals surface area contributed by atoms with Gasteiger partial charge in [0.1, 0.15) is 13.2 Å². The molecule has 3 aromatic rings. The zero-order valence-corrected chi connectivity index (χ0v) is 17.9. The second-order valence-corrected chi connectivity index (χ2v) is 8.24. The van der Waals surface area contributed by atoms with Crippen molar-refractivity contribution in [2.45, 2.75) is 25.3 Å². The summed E-state index contributed by atoms with van der Waals surface area (Å²) in [7, 11) is 0. The number of hydrogen-bond acceptors (Lipinski definition) is 4. The van der Waals surface area contributed by atoms with Crippen LogP contribution in [0, 0.1) is 0 Å². The summed E-state index contributed by atoms with van der Waals surface area (Å²) in [5.41, 5.74) is 2.01. The molecule has 1 atom stereocenters. The maximum absolute atomic E-state index is 12.9. The molecule has 1 unspecified atom stereocenters. The number of likely N-dealkylation sites (tertiary alicyclic amines) is 1. The SMILES string of the molecule is O=C(Cc1cccc2ccccc12)NCC(=O)N1CCCC1c1ccc2c(c1)OCCO2. The Bertz CT molecular complexity index is 1150. The average Bonchev–Trinajstić information content (AvgIpc) is 3.33. The van der Waals surface area contributed by atoms with E-state index in [9.17, 15) is 9.59 Å². The molecule has 2 heterocycles. The number of benzene rings is 3. The number of amides is 2. The normalized spacial score (nSPS) is 17.4. The van der Waals surface area contributed by atoms with Crippen molar-refractivity contribution in [1.82, 2.24) is 10.2 Å². The van der Waals surface area contributed by atoms with Gasteiger partial charge in [0.15, 0.2) is 11.5 Å². The fourth-order valence-corrected chi connectivity index (χ4v) is 4.64. The van der Waals surface area contributed by atoms with Gasteiger partial charge in [0.2, 0.25) is 11.8 Å². The average molecular weight is 431 g/mol. The number of carbonyl (C=O) groups is 2. The van der Waals surface area contributed by atoms with E-state index in [1.807, 2.05) is 65.6 Å². The van der Waals surface area contributed by atoms with E-state index in [4.69, 9.17) is 9.47 Å². The third-order valence-electron chi connectivity index (χ3n) is 6.19. The van der Waals surface area contributed by atoms with E-state index >= 15 is 0 Å². The van der Waals surface area contributed by atoms with Crippen LogP contribution in [-0.2, 0) is 16.0 Å². The quantitative estimate of drug-likeness (QED) is 0.671. The molecule has 0 aliphatic carbocycles. The van der Waals surface area contributed by atoms with Crippen molar-refractivity contribution in [3.8, 4) is 11.5 Å². The van der Waals surface area contributed by atoms with Crippen LogP contribution >= 0.6 is 0 Å². The Kier molecular flexibility index (Phi) is 5.67. The van der Waals surface area contributed by atoms with Crippen molar-refractivity contribution < 1.29 is 19.1 Å². The highest BCUT2D eigenvalue weighted by Crippen LogP contribution is 2.38. The predicted molar refractivity (Wildman–Crippen MR) is 122 cm³/mol. The molecule has 0 bridgehead atoms. The lowest BCUT2D eigenvalue weighted by molar-refractivity contribution is -0.133. The third kappa shape index (κ3) is 4.13. The molecule has 1 saturated heterocycles. The molecular formula is C26H26N2O4. The van der Waals surface area contributed by atoms with Crippen molar-refractivity contribution in [3.05, 3.63) is 71.8 Å². The first-order valence-electron chi connectivity index (χ1n) is 11.1. The van der Waals surface area contributed by atoms with Crippen molar-refractivity contribution in [3.63, 3.8) is 0 Å². The summed E-state index contributed by atoms with van der Waals surface area (Å²) in [6, 6.07) is 19.8. The molecule has 2 aliphatic rings. The van der Waals surface area contributed by atoms with E-state index in [2.05, 4.69) is 5.32 Å². The van der Waals surface area contributed by atoms with Gasteiger partial charge in [0.25, 0.3) is 0 Å². The van der Waals surface area contributed by atoms with Gasteiger partial charge in [-0.2, -0.15) is 0 Å². The number of rotatable bonds is 5. The van der Waals surface area contributed by atoms with Crippen LogP contribution in [0.4, 0.5) is 0 Å². The van der Waals surface area contributed by atoms with E-state index in [0.717, 1.165) is 46.2 Å². The first-order chi connectivity index (χ1) is 15.7. The second-order valence-electron chi connectivity index (χ2n) is 8.24. The Balaban J connectivity index is 1.22. The van der Waals surface area contributed by atoms with Gasteiger partial charge in [-0.1, -0.05) is 48.5 Å². The highest BCUT2D eigenvalue weighted by molar-refractivity contribution is 5.91. The maximum Gasteiger partial charge on any atom is 0.242 e. The van der Waals surface area contributed by atoms with Crippen LogP contribution in [0.15, 0.2) is 60.7 Å². The Morgan fingerprint density at radius 3 is 2.69 bits per heavy atom. The molecule has 2 aliphatic heterocycles. The lowest BCUT2D eigenvalue weighted by Crippen LogP contribution is -2.40. The Hall–Kier alpha value is -3.54. The lowest BCUT2D eigenvalue weighted by Gasteiger charge is -2.27. The van der Waals surface area contributed by atoms with Crippen molar-refractivity contribution in [2.75, 3.05) is 26.3 Å². The van der Waals surface area contributed by atoms with E-state index in [1.165, 1.54) is 0 Å². The Morgan fingerprint density at radius 1 is 0.969 bits per heavy atom. The van der Waals surface area contributed by atoms with Gasteiger partial charge in [-0.15, -0.1) is 0 Å². The Morgan fingerprint density at radius 2 is 1.78 bits per heavy atom. The van der Waals surface area contributed by atoms with Crippen LogP contribution in [-0.4, -0.2) is 43.0 Å². The van der Waals surface area contributed by atoms with Gasteiger partial charge < -0.3 is 19.7 Å². The zero-order chi connectivity index (χ0) is 21.9. The summed E-state index contributed by atoms with van der Waals surface area (Å²) < 4.78 is 11.3. The monoisotopic (exact) mass is 430 g/mol. The molecule has 6 heteroatoms. The molecule has 3 aromatic carbocycles. The molecule has 32 heavy (non-hydrogen) atoms. The Labute approximate surface area is 187 Å². The van der Waals surface area contributed by atoms with Crippen LogP contribution in [0.2, 0.25) is 0 Å². The second kappa shape index (κ2) is 8.91. The van der Waals surface area contributed by atoms with Gasteiger partial charge in [-0.3, -0.25) is 9.59 Å². The first-order valence-corrected chi connectivity index (χ1v) is 11.1. The van der Waals surface area contributed by atoms with Crippen LogP contribution < -0.4 is 14.8 Å². The summed E-state index contributed by atoms with van der Waals surface area (Å²) in [4.78, 5) is 27.4. The number of hydrogen-bond donors (Lipinski definition) is 1. The smallest absolute Gasteiger partial charge is 0.242 e. The summed E-state index contributed by atoms with van der Waals surface area (Å²) in [6.07, 6.45) is 2.09. The van der Waals surface area contributed by atoms with Gasteiger partial charge in [0.05, 0.1) is 19.0 Å². The largest absolute Gasteiger partial charge is 0.486 e. The van der Waals surface area contributed by atoms with Gasteiger partial charge in [-0.05, 0) is 46.9 Å². The summed E-state index contributed by atoms with van der Waals surface area (Å²) >= 11 is 0. The number of nitrogens with zero attached hydrogens (tertiary/aromatic N) is 1. The highest BCUT2D eigenvalue weighted by atomic mass is 16.6. The van der Waals surface area contributed by atoms with Crippen molar-refractivity contribution in [1.29, 1.82) is 0 Å². The molecule has 1 fully saturated rings. The molecule has 6 nitrogen and oxygen atoms in total. The number of carbonyl (C=O) groups excluding carboxylic acids is 2. The van der Waals surface area contributed by atoms with Crippen molar-refractivity contribution >= 4 is 22.6 Å². The van der Waals surface area contributed by atoms with E-state index in [1.54, 1.807) is 0 Å². The summed E-state index contributed by atoms with van der Waals surface area (Å²) in [5.74, 6) is 1.27. The zero-order valence-electron chi connectivity index (χ0n) is 17.9. The molecule has 164 valence electrons. The van der Waals surface area contributed by atoms with Gasteiger partial charge in [-0.25, -0.2) is 0 Å².